The summed E-state index contributed by atoms with van der Waals surface area (Å²) in [6.07, 6.45) is -0.832. The molecule has 0 saturated heterocycles. The van der Waals surface area contributed by atoms with Gasteiger partial charge in [0.05, 0.1) is 0 Å². The summed E-state index contributed by atoms with van der Waals surface area (Å²) in [4.78, 5) is 22.8. The maximum absolute atomic E-state index is 11.6. The second kappa shape index (κ2) is 6.27. The molecule has 1 aromatic rings. The molecule has 6 nitrogen and oxygen atoms in total. The number of hydrogen-bond acceptors (Lipinski definition) is 4. The first kappa shape index (κ1) is 15.8. The molecule has 0 aliphatic rings. The van der Waals surface area contributed by atoms with Crippen molar-refractivity contribution < 1.29 is 24.5 Å². The van der Waals surface area contributed by atoms with E-state index in [9.17, 15) is 14.7 Å². The zero-order chi connectivity index (χ0) is 15.3. The first-order valence-electron chi connectivity index (χ1n) is 6.18. The number of alkyl carbamates (subject to hydrolysis) is 1. The van der Waals surface area contributed by atoms with Gasteiger partial charge in [0.15, 0.2) is 0 Å². The van der Waals surface area contributed by atoms with Gasteiger partial charge in [0.25, 0.3) is 0 Å². The number of benzene rings is 1. The molecule has 0 spiro atoms. The number of para-hydroxylation sites is 1. The Hall–Kier alpha value is -2.24. The molecule has 0 bridgehead atoms. The highest BCUT2D eigenvalue weighted by atomic mass is 16.6. The fourth-order valence-electron chi connectivity index (χ4n) is 1.55. The molecule has 1 unspecified atom stereocenters. The molecule has 0 radical (unpaired) electrons. The Morgan fingerprint density at radius 2 is 1.90 bits per heavy atom. The average Bonchev–Trinajstić information content (AvgIpc) is 2.28. The minimum absolute atomic E-state index is 0.00950. The van der Waals surface area contributed by atoms with E-state index >= 15 is 0 Å². The number of rotatable bonds is 4. The van der Waals surface area contributed by atoms with Crippen LogP contribution in [-0.4, -0.2) is 33.9 Å². The van der Waals surface area contributed by atoms with Crippen molar-refractivity contribution in [1.29, 1.82) is 0 Å². The topological polar surface area (TPSA) is 95.9 Å². The molecule has 3 N–H and O–H groups in total. The van der Waals surface area contributed by atoms with E-state index in [1.165, 1.54) is 6.07 Å². The van der Waals surface area contributed by atoms with Crippen molar-refractivity contribution >= 4 is 12.1 Å². The summed E-state index contributed by atoms with van der Waals surface area (Å²) in [7, 11) is 0. The van der Waals surface area contributed by atoms with Crippen molar-refractivity contribution in [2.24, 2.45) is 0 Å². The molecule has 1 amide bonds. The number of phenols is 1. The van der Waals surface area contributed by atoms with Crippen LogP contribution in [0.15, 0.2) is 24.3 Å². The summed E-state index contributed by atoms with van der Waals surface area (Å²) >= 11 is 0. The standard InChI is InChI=1S/C14H19NO5/c1-14(2,3)20-13(19)15-10(12(17)18)8-9-6-4-5-7-11(9)16/h4-7,10,16H,8H2,1-3H3,(H,15,19)(H,17,18). The maximum Gasteiger partial charge on any atom is 0.408 e. The van der Waals surface area contributed by atoms with Gasteiger partial charge in [0, 0.05) is 6.42 Å². The van der Waals surface area contributed by atoms with Crippen LogP contribution in [0.25, 0.3) is 0 Å². The number of carboxylic acids is 1. The van der Waals surface area contributed by atoms with Crippen LogP contribution in [0.5, 0.6) is 5.75 Å². The number of nitrogens with one attached hydrogen (secondary N) is 1. The highest BCUT2D eigenvalue weighted by Gasteiger charge is 2.24. The summed E-state index contributed by atoms with van der Waals surface area (Å²) in [6.45, 7) is 5.06. The monoisotopic (exact) mass is 281 g/mol. The summed E-state index contributed by atoms with van der Waals surface area (Å²) < 4.78 is 5.01. The molecule has 0 fully saturated rings. The Balaban J connectivity index is 2.74. The van der Waals surface area contributed by atoms with Crippen molar-refractivity contribution in [3.8, 4) is 5.75 Å². The quantitative estimate of drug-likeness (QED) is 0.783. The Kier molecular flexibility index (Phi) is 4.96. The number of carbonyl (C=O) groups excluding carboxylic acids is 1. The number of hydrogen-bond donors (Lipinski definition) is 3. The normalized spacial score (nSPS) is 12.6. The van der Waals surface area contributed by atoms with Crippen molar-refractivity contribution in [1.82, 2.24) is 5.32 Å². The van der Waals surface area contributed by atoms with E-state index in [1.54, 1.807) is 39.0 Å². The minimum Gasteiger partial charge on any atom is -0.508 e. The van der Waals surface area contributed by atoms with Crippen molar-refractivity contribution in [2.75, 3.05) is 0 Å². The van der Waals surface area contributed by atoms with Crippen LogP contribution in [0.1, 0.15) is 26.3 Å². The number of carbonyl (C=O) groups is 2. The largest absolute Gasteiger partial charge is 0.508 e. The number of aromatic hydroxyl groups is 1. The van der Waals surface area contributed by atoms with E-state index in [1.807, 2.05) is 0 Å². The predicted octanol–water partition coefficient (Wildman–Crippen LogP) is 1.91. The first-order valence-corrected chi connectivity index (χ1v) is 6.18. The van der Waals surface area contributed by atoms with Crippen LogP contribution in [0.2, 0.25) is 0 Å². The summed E-state index contributed by atoms with van der Waals surface area (Å²) in [5.41, 5.74) is -0.266. The van der Waals surface area contributed by atoms with Crippen LogP contribution in [-0.2, 0) is 16.0 Å². The van der Waals surface area contributed by atoms with Gasteiger partial charge in [-0.05, 0) is 32.4 Å². The lowest BCUT2D eigenvalue weighted by Gasteiger charge is -2.22. The van der Waals surface area contributed by atoms with Gasteiger partial charge in [-0.25, -0.2) is 9.59 Å². The van der Waals surface area contributed by atoms with E-state index in [0.717, 1.165) is 0 Å². The highest BCUT2D eigenvalue weighted by molar-refractivity contribution is 5.80. The average molecular weight is 281 g/mol. The van der Waals surface area contributed by atoms with E-state index < -0.39 is 23.7 Å². The molecule has 20 heavy (non-hydrogen) atoms. The van der Waals surface area contributed by atoms with E-state index in [4.69, 9.17) is 9.84 Å². The molecule has 1 atom stereocenters. The van der Waals surface area contributed by atoms with Gasteiger partial charge >= 0.3 is 12.1 Å². The maximum atomic E-state index is 11.6. The van der Waals surface area contributed by atoms with Crippen LogP contribution < -0.4 is 5.32 Å². The second-order valence-corrected chi connectivity index (χ2v) is 5.37. The lowest BCUT2D eigenvalue weighted by atomic mass is 10.1. The Morgan fingerprint density at radius 3 is 2.40 bits per heavy atom. The lowest BCUT2D eigenvalue weighted by molar-refractivity contribution is -0.139. The van der Waals surface area contributed by atoms with E-state index in [0.29, 0.717) is 5.56 Å². The Labute approximate surface area is 117 Å². The Morgan fingerprint density at radius 1 is 1.30 bits per heavy atom. The summed E-state index contributed by atoms with van der Waals surface area (Å²) in [5.74, 6) is -1.20. The highest BCUT2D eigenvalue weighted by Crippen LogP contribution is 2.17. The molecule has 1 rings (SSSR count). The molecular weight excluding hydrogens is 262 g/mol. The van der Waals surface area contributed by atoms with Gasteiger partial charge in [-0.2, -0.15) is 0 Å². The number of carboxylic acid groups (broad SMARTS) is 1. The fraction of sp³-hybridized carbons (Fsp3) is 0.429. The summed E-state index contributed by atoms with van der Waals surface area (Å²) in [5, 5.41) is 21.0. The molecule has 0 heterocycles. The number of aliphatic carboxylic acids is 1. The Bertz CT molecular complexity index is 493. The fourth-order valence-corrected chi connectivity index (χ4v) is 1.55. The molecule has 0 aliphatic carbocycles. The van der Waals surface area contributed by atoms with Crippen LogP contribution in [0, 0.1) is 0 Å². The number of ether oxygens (including phenoxy) is 1. The molecule has 6 heteroatoms. The van der Waals surface area contributed by atoms with Crippen LogP contribution in [0.4, 0.5) is 4.79 Å². The number of phenolic OH excluding ortho intramolecular Hbond substituents is 1. The van der Waals surface area contributed by atoms with E-state index in [2.05, 4.69) is 5.32 Å². The van der Waals surface area contributed by atoms with Crippen LogP contribution >= 0.6 is 0 Å². The van der Waals surface area contributed by atoms with Gasteiger partial charge in [-0.15, -0.1) is 0 Å². The second-order valence-electron chi connectivity index (χ2n) is 5.37. The molecule has 0 aliphatic heterocycles. The van der Waals surface area contributed by atoms with Gasteiger partial charge < -0.3 is 20.3 Å². The van der Waals surface area contributed by atoms with Crippen molar-refractivity contribution in [3.05, 3.63) is 29.8 Å². The molecule has 0 aromatic heterocycles. The smallest absolute Gasteiger partial charge is 0.408 e. The third-order valence-corrected chi connectivity index (χ3v) is 2.40. The van der Waals surface area contributed by atoms with Crippen molar-refractivity contribution in [2.45, 2.75) is 38.8 Å². The van der Waals surface area contributed by atoms with Gasteiger partial charge in [0.1, 0.15) is 17.4 Å². The minimum atomic E-state index is -1.20. The SMILES string of the molecule is CC(C)(C)OC(=O)NC(Cc1ccccc1O)C(=O)O. The predicted molar refractivity (Wildman–Crippen MR) is 72.6 cm³/mol. The zero-order valence-electron chi connectivity index (χ0n) is 11.7. The van der Waals surface area contributed by atoms with Gasteiger partial charge in [0.2, 0.25) is 0 Å². The van der Waals surface area contributed by atoms with Gasteiger partial charge in [-0.3, -0.25) is 0 Å². The van der Waals surface area contributed by atoms with E-state index in [-0.39, 0.29) is 12.2 Å². The summed E-state index contributed by atoms with van der Waals surface area (Å²) in [6, 6.07) is 5.21. The lowest BCUT2D eigenvalue weighted by Crippen LogP contribution is -2.44. The third kappa shape index (κ3) is 5.17. The number of amides is 1. The first-order chi connectivity index (χ1) is 9.19. The third-order valence-electron chi connectivity index (χ3n) is 2.40. The van der Waals surface area contributed by atoms with Gasteiger partial charge in [-0.1, -0.05) is 18.2 Å². The zero-order valence-corrected chi connectivity index (χ0v) is 11.7. The molecular formula is C14H19NO5. The molecule has 1 aromatic carbocycles. The van der Waals surface area contributed by atoms with Crippen molar-refractivity contribution in [3.63, 3.8) is 0 Å². The molecule has 0 saturated carbocycles. The van der Waals surface area contributed by atoms with Crippen LogP contribution in [0.3, 0.4) is 0 Å². The molecule has 110 valence electrons.